The molecule has 1 nitrogen and oxygen atoms in total. The number of hydrogen-bond donors (Lipinski definition) is 1. The van der Waals surface area contributed by atoms with Gasteiger partial charge in [-0.3, -0.25) is 0 Å². The molecule has 3 heteroatoms. The summed E-state index contributed by atoms with van der Waals surface area (Å²) >= 11 is 7.10. The Kier molecular flexibility index (Phi) is 3.92. The van der Waals surface area contributed by atoms with Gasteiger partial charge >= 0.3 is 0 Å². The zero-order chi connectivity index (χ0) is 14.1. The van der Waals surface area contributed by atoms with Crippen LogP contribution in [0.1, 0.15) is 17.2 Å². The van der Waals surface area contributed by atoms with Gasteiger partial charge in [0.05, 0.1) is 6.04 Å². The number of rotatable bonds is 2. The molecule has 0 aliphatic carbocycles. The molecule has 3 aromatic carbocycles. The molecule has 3 rings (SSSR count). The molecule has 0 fully saturated rings. The third-order valence-corrected chi connectivity index (χ3v) is 4.67. The van der Waals surface area contributed by atoms with Gasteiger partial charge in [0.2, 0.25) is 0 Å². The van der Waals surface area contributed by atoms with Gasteiger partial charge in [-0.1, -0.05) is 74.3 Å². The summed E-state index contributed by atoms with van der Waals surface area (Å²) in [6, 6.07) is 20.5. The Morgan fingerprint density at radius 3 is 2.40 bits per heavy atom. The minimum absolute atomic E-state index is 0.159. The highest BCUT2D eigenvalue weighted by Gasteiger charge is 2.15. The smallest absolute Gasteiger partial charge is 0.0569 e. The molecular formula is C17H13Br2N. The van der Waals surface area contributed by atoms with Crippen LogP contribution >= 0.6 is 31.9 Å². The molecule has 0 bridgehead atoms. The number of hydrogen-bond acceptors (Lipinski definition) is 1. The highest BCUT2D eigenvalue weighted by Crippen LogP contribution is 2.32. The van der Waals surface area contributed by atoms with Crippen LogP contribution in [0.5, 0.6) is 0 Å². The van der Waals surface area contributed by atoms with Crippen LogP contribution in [0.15, 0.2) is 69.6 Å². The van der Waals surface area contributed by atoms with Crippen molar-refractivity contribution in [3.05, 3.63) is 80.7 Å². The Morgan fingerprint density at radius 1 is 0.800 bits per heavy atom. The predicted molar refractivity (Wildman–Crippen MR) is 91.8 cm³/mol. The monoisotopic (exact) mass is 389 g/mol. The fraction of sp³-hybridized carbons (Fsp3) is 0.0588. The van der Waals surface area contributed by atoms with E-state index in [-0.39, 0.29) is 6.04 Å². The number of fused-ring (bicyclic) bond motifs is 1. The topological polar surface area (TPSA) is 26.0 Å². The minimum Gasteiger partial charge on any atom is -0.320 e. The summed E-state index contributed by atoms with van der Waals surface area (Å²) in [6.07, 6.45) is 0. The Bertz CT molecular complexity index is 763. The Hall–Kier alpha value is -1.16. The molecule has 0 aromatic heterocycles. The van der Waals surface area contributed by atoms with Crippen molar-refractivity contribution in [2.45, 2.75) is 6.04 Å². The van der Waals surface area contributed by atoms with Gasteiger partial charge in [0.1, 0.15) is 0 Å². The third kappa shape index (κ3) is 2.53. The minimum atomic E-state index is -0.159. The van der Waals surface area contributed by atoms with E-state index in [1.54, 1.807) is 0 Å². The van der Waals surface area contributed by atoms with Crippen LogP contribution in [-0.4, -0.2) is 0 Å². The fourth-order valence-corrected chi connectivity index (χ4v) is 3.31. The Labute approximate surface area is 135 Å². The van der Waals surface area contributed by atoms with Crippen molar-refractivity contribution in [2.24, 2.45) is 5.73 Å². The van der Waals surface area contributed by atoms with Gasteiger partial charge in [-0.05, 0) is 40.1 Å². The van der Waals surface area contributed by atoms with E-state index in [1.165, 1.54) is 10.8 Å². The van der Waals surface area contributed by atoms with Crippen molar-refractivity contribution in [3.8, 4) is 0 Å². The van der Waals surface area contributed by atoms with Gasteiger partial charge in [0, 0.05) is 8.95 Å². The lowest BCUT2D eigenvalue weighted by Crippen LogP contribution is -2.13. The molecule has 0 saturated carbocycles. The van der Waals surface area contributed by atoms with Crippen molar-refractivity contribution in [3.63, 3.8) is 0 Å². The highest BCUT2D eigenvalue weighted by molar-refractivity contribution is 9.11. The van der Waals surface area contributed by atoms with E-state index in [0.717, 1.165) is 20.1 Å². The molecule has 0 spiro atoms. The van der Waals surface area contributed by atoms with Crippen LogP contribution < -0.4 is 5.73 Å². The predicted octanol–water partition coefficient (Wildman–Crippen LogP) is 5.41. The Balaban J connectivity index is 2.17. The molecule has 0 heterocycles. The molecule has 1 atom stereocenters. The zero-order valence-electron chi connectivity index (χ0n) is 10.7. The lowest BCUT2D eigenvalue weighted by molar-refractivity contribution is 0.874. The van der Waals surface area contributed by atoms with Gasteiger partial charge in [-0.25, -0.2) is 0 Å². The van der Waals surface area contributed by atoms with Crippen LogP contribution in [-0.2, 0) is 0 Å². The quantitative estimate of drug-likeness (QED) is 0.621. The molecule has 3 aromatic rings. The summed E-state index contributed by atoms with van der Waals surface area (Å²) < 4.78 is 2.06. The lowest BCUT2D eigenvalue weighted by atomic mass is 9.94. The summed E-state index contributed by atoms with van der Waals surface area (Å²) in [6.45, 7) is 0. The van der Waals surface area contributed by atoms with Crippen molar-refractivity contribution < 1.29 is 0 Å². The summed E-state index contributed by atoms with van der Waals surface area (Å²) in [5.41, 5.74) is 8.72. The molecule has 0 aliphatic heterocycles. The van der Waals surface area contributed by atoms with Gasteiger partial charge in [0.25, 0.3) is 0 Å². The third-order valence-electron chi connectivity index (χ3n) is 3.45. The van der Waals surface area contributed by atoms with Crippen LogP contribution in [0.2, 0.25) is 0 Å². The first-order valence-corrected chi connectivity index (χ1v) is 7.93. The molecule has 100 valence electrons. The molecule has 0 aliphatic rings. The first-order valence-electron chi connectivity index (χ1n) is 6.35. The fourth-order valence-electron chi connectivity index (χ4n) is 2.44. The van der Waals surface area contributed by atoms with Gasteiger partial charge in [-0.15, -0.1) is 0 Å². The maximum Gasteiger partial charge on any atom is 0.0569 e. The lowest BCUT2D eigenvalue weighted by Gasteiger charge is -2.17. The zero-order valence-corrected chi connectivity index (χ0v) is 13.9. The van der Waals surface area contributed by atoms with Gasteiger partial charge in [-0.2, -0.15) is 0 Å². The standard InChI is InChI=1S/C17H13Br2N/c18-12-8-9-16(19)15(10-12)17(20)14-7-3-5-11-4-1-2-6-13(11)14/h1-10,17H,20H2. The van der Waals surface area contributed by atoms with Crippen molar-refractivity contribution in [1.82, 2.24) is 0 Å². The normalized spacial score (nSPS) is 12.6. The van der Waals surface area contributed by atoms with Crippen LogP contribution in [0.25, 0.3) is 10.8 Å². The van der Waals surface area contributed by atoms with E-state index >= 15 is 0 Å². The van der Waals surface area contributed by atoms with Crippen molar-refractivity contribution in [1.29, 1.82) is 0 Å². The first kappa shape index (κ1) is 13.8. The average molecular weight is 391 g/mol. The maximum absolute atomic E-state index is 6.50. The second-order valence-electron chi connectivity index (χ2n) is 4.71. The first-order chi connectivity index (χ1) is 9.66. The molecular weight excluding hydrogens is 378 g/mol. The maximum atomic E-state index is 6.50. The highest BCUT2D eigenvalue weighted by atomic mass is 79.9. The second-order valence-corrected chi connectivity index (χ2v) is 6.48. The number of benzene rings is 3. The van der Waals surface area contributed by atoms with Gasteiger partial charge in [0.15, 0.2) is 0 Å². The van der Waals surface area contributed by atoms with Gasteiger partial charge < -0.3 is 5.73 Å². The number of nitrogens with two attached hydrogens (primary N) is 1. The largest absolute Gasteiger partial charge is 0.320 e. The molecule has 0 saturated heterocycles. The average Bonchev–Trinajstić information content (AvgIpc) is 2.48. The molecule has 0 radical (unpaired) electrons. The van der Waals surface area contributed by atoms with Crippen molar-refractivity contribution in [2.75, 3.05) is 0 Å². The van der Waals surface area contributed by atoms with E-state index < -0.39 is 0 Å². The molecule has 1 unspecified atom stereocenters. The SMILES string of the molecule is NC(c1cc(Br)ccc1Br)c1cccc2ccccc12. The Morgan fingerprint density at radius 2 is 1.55 bits per heavy atom. The summed E-state index contributed by atoms with van der Waals surface area (Å²) in [5.74, 6) is 0. The van der Waals surface area contributed by atoms with E-state index in [9.17, 15) is 0 Å². The van der Waals surface area contributed by atoms with Crippen molar-refractivity contribution >= 4 is 42.6 Å². The summed E-state index contributed by atoms with van der Waals surface area (Å²) in [7, 11) is 0. The van der Waals surface area contributed by atoms with Crippen LogP contribution in [0, 0.1) is 0 Å². The summed E-state index contributed by atoms with van der Waals surface area (Å²) in [5, 5.41) is 2.42. The van der Waals surface area contributed by atoms with Crippen LogP contribution in [0.3, 0.4) is 0 Å². The van der Waals surface area contributed by atoms with Crippen LogP contribution in [0.4, 0.5) is 0 Å². The summed E-state index contributed by atoms with van der Waals surface area (Å²) in [4.78, 5) is 0. The molecule has 0 amide bonds. The number of halogens is 2. The van der Waals surface area contributed by atoms with E-state index in [2.05, 4.69) is 74.3 Å². The second kappa shape index (κ2) is 5.68. The van der Waals surface area contributed by atoms with E-state index in [1.807, 2.05) is 18.2 Å². The van der Waals surface area contributed by atoms with E-state index in [4.69, 9.17) is 5.73 Å². The molecule has 2 N–H and O–H groups in total. The molecule has 20 heavy (non-hydrogen) atoms. The van der Waals surface area contributed by atoms with E-state index in [0.29, 0.717) is 0 Å².